The van der Waals surface area contributed by atoms with Gasteiger partial charge in [-0.25, -0.2) is 23.4 Å². The molecule has 170 valence electrons. The van der Waals surface area contributed by atoms with Crippen LogP contribution in [-0.2, 0) is 0 Å². The van der Waals surface area contributed by atoms with E-state index in [1.165, 1.54) is 0 Å². The molecule has 0 saturated carbocycles. The SMILES string of the molecule is Cc1nc(N2CC(O)C2)cc(-n2ncc3cc(C)c([C@H]4CCN(CCF)C[C@H]4F)cc32)n1. The molecule has 2 fully saturated rings. The number of piperidine rings is 1. The van der Waals surface area contributed by atoms with Crippen LogP contribution in [0.2, 0.25) is 0 Å². The van der Waals surface area contributed by atoms with Crippen LogP contribution in [0, 0.1) is 13.8 Å². The first-order valence-electron chi connectivity index (χ1n) is 11.1. The van der Waals surface area contributed by atoms with Gasteiger partial charge < -0.3 is 10.0 Å². The van der Waals surface area contributed by atoms with E-state index in [4.69, 9.17) is 0 Å². The third-order valence-corrected chi connectivity index (χ3v) is 6.60. The maximum Gasteiger partial charge on any atom is 0.159 e. The van der Waals surface area contributed by atoms with E-state index in [-0.39, 0.29) is 18.6 Å². The summed E-state index contributed by atoms with van der Waals surface area (Å²) < 4.78 is 29.5. The van der Waals surface area contributed by atoms with E-state index >= 15 is 4.39 Å². The zero-order valence-corrected chi connectivity index (χ0v) is 18.4. The molecule has 4 heterocycles. The van der Waals surface area contributed by atoms with Crippen molar-refractivity contribution >= 4 is 16.7 Å². The number of halogens is 2. The van der Waals surface area contributed by atoms with Crippen molar-refractivity contribution in [1.29, 1.82) is 0 Å². The highest BCUT2D eigenvalue weighted by Crippen LogP contribution is 2.35. The average molecular weight is 443 g/mol. The van der Waals surface area contributed by atoms with Gasteiger partial charge in [-0.3, -0.25) is 4.90 Å². The van der Waals surface area contributed by atoms with Crippen LogP contribution in [0.5, 0.6) is 0 Å². The molecule has 1 aromatic carbocycles. The predicted octanol–water partition coefficient (Wildman–Crippen LogP) is 2.71. The second-order valence-electron chi connectivity index (χ2n) is 8.92. The van der Waals surface area contributed by atoms with Crippen LogP contribution in [-0.4, -0.2) is 81.4 Å². The summed E-state index contributed by atoms with van der Waals surface area (Å²) in [6.07, 6.45) is 1.10. The van der Waals surface area contributed by atoms with Gasteiger partial charge >= 0.3 is 0 Å². The lowest BCUT2D eigenvalue weighted by Crippen LogP contribution is -2.51. The second kappa shape index (κ2) is 8.37. The van der Waals surface area contributed by atoms with E-state index in [1.807, 2.05) is 35.8 Å². The largest absolute Gasteiger partial charge is 0.389 e. The molecule has 2 aromatic heterocycles. The number of β-amino-alcohol motifs (C(OH)–C–C–N with tert-alkyl or cyclic N) is 1. The number of rotatable bonds is 5. The molecule has 0 radical (unpaired) electrons. The number of hydrogen-bond acceptors (Lipinski definition) is 6. The molecule has 5 rings (SSSR count). The van der Waals surface area contributed by atoms with Gasteiger partial charge in [-0.1, -0.05) is 0 Å². The van der Waals surface area contributed by atoms with Crippen molar-refractivity contribution in [3.63, 3.8) is 0 Å². The van der Waals surface area contributed by atoms with Gasteiger partial charge in [-0.2, -0.15) is 5.10 Å². The minimum absolute atomic E-state index is 0.219. The van der Waals surface area contributed by atoms with Crippen LogP contribution in [0.15, 0.2) is 24.4 Å². The third kappa shape index (κ3) is 3.84. The van der Waals surface area contributed by atoms with Crippen molar-refractivity contribution in [1.82, 2.24) is 24.6 Å². The molecule has 2 atom stereocenters. The molecule has 0 aliphatic carbocycles. The highest BCUT2D eigenvalue weighted by Gasteiger charge is 2.32. The second-order valence-corrected chi connectivity index (χ2v) is 8.92. The van der Waals surface area contributed by atoms with E-state index in [0.29, 0.717) is 44.2 Å². The van der Waals surface area contributed by atoms with Gasteiger partial charge in [0, 0.05) is 43.5 Å². The maximum atomic E-state index is 15.1. The summed E-state index contributed by atoms with van der Waals surface area (Å²) in [6, 6.07) is 5.96. The van der Waals surface area contributed by atoms with Gasteiger partial charge in [-0.15, -0.1) is 0 Å². The summed E-state index contributed by atoms with van der Waals surface area (Å²) in [4.78, 5) is 12.9. The summed E-state index contributed by atoms with van der Waals surface area (Å²) in [5, 5.41) is 15.2. The van der Waals surface area contributed by atoms with E-state index < -0.39 is 12.8 Å². The topological polar surface area (TPSA) is 70.3 Å². The van der Waals surface area contributed by atoms with Crippen molar-refractivity contribution in [2.45, 2.75) is 38.5 Å². The predicted molar refractivity (Wildman–Crippen MR) is 119 cm³/mol. The Morgan fingerprint density at radius 1 is 1.09 bits per heavy atom. The van der Waals surface area contributed by atoms with Gasteiger partial charge in [0.25, 0.3) is 0 Å². The lowest BCUT2D eigenvalue weighted by atomic mass is 9.85. The zero-order valence-electron chi connectivity index (χ0n) is 18.4. The Labute approximate surface area is 185 Å². The standard InChI is InChI=1S/C23H28F2N6O/c1-14-7-16-10-26-31(23-9-22(27-15(2)28-23)30-11-17(32)12-30)21(16)8-19(14)18-3-5-29(6-4-24)13-20(18)25/h7-10,17-18,20,32H,3-6,11-13H2,1-2H3/t18-,20-/m1/s1. The Morgan fingerprint density at radius 2 is 1.88 bits per heavy atom. The summed E-state index contributed by atoms with van der Waals surface area (Å²) in [5.41, 5.74) is 2.89. The Morgan fingerprint density at radius 3 is 2.59 bits per heavy atom. The molecule has 7 nitrogen and oxygen atoms in total. The molecule has 9 heteroatoms. The van der Waals surface area contributed by atoms with Crippen LogP contribution >= 0.6 is 0 Å². The number of fused-ring (bicyclic) bond motifs is 1. The minimum Gasteiger partial charge on any atom is -0.389 e. The normalized spacial score (nSPS) is 22.5. The molecule has 2 aliphatic heterocycles. The Bertz CT molecular complexity index is 1130. The summed E-state index contributed by atoms with van der Waals surface area (Å²) in [6.45, 7) is 5.76. The number of anilines is 1. The molecule has 2 saturated heterocycles. The molecule has 1 N–H and O–H groups in total. The fraction of sp³-hybridized carbons (Fsp3) is 0.522. The Balaban J connectivity index is 1.50. The molecular weight excluding hydrogens is 414 g/mol. The quantitative estimate of drug-likeness (QED) is 0.655. The van der Waals surface area contributed by atoms with Crippen LogP contribution in [0.25, 0.3) is 16.7 Å². The number of hydrogen-bond donors (Lipinski definition) is 1. The molecule has 0 bridgehead atoms. The zero-order chi connectivity index (χ0) is 22.4. The number of aryl methyl sites for hydroxylation is 2. The van der Waals surface area contributed by atoms with Crippen molar-refractivity contribution in [3.8, 4) is 5.82 Å². The van der Waals surface area contributed by atoms with Crippen molar-refractivity contribution in [2.75, 3.05) is 44.3 Å². The van der Waals surface area contributed by atoms with Crippen LogP contribution < -0.4 is 4.90 Å². The molecule has 32 heavy (non-hydrogen) atoms. The van der Waals surface area contributed by atoms with Crippen LogP contribution in [0.4, 0.5) is 14.6 Å². The van der Waals surface area contributed by atoms with Crippen LogP contribution in [0.1, 0.15) is 29.3 Å². The van der Waals surface area contributed by atoms with Gasteiger partial charge in [-0.05, 0) is 50.1 Å². The van der Waals surface area contributed by atoms with Crippen molar-refractivity contribution in [3.05, 3.63) is 41.3 Å². The fourth-order valence-corrected chi connectivity index (χ4v) is 4.88. The molecule has 3 aromatic rings. The van der Waals surface area contributed by atoms with E-state index in [9.17, 15) is 9.50 Å². The summed E-state index contributed by atoms with van der Waals surface area (Å²) in [5.74, 6) is 1.81. The van der Waals surface area contributed by atoms with E-state index in [0.717, 1.165) is 27.8 Å². The Kier molecular flexibility index (Phi) is 5.54. The van der Waals surface area contributed by atoms with Crippen molar-refractivity contribution < 1.29 is 13.9 Å². The van der Waals surface area contributed by atoms with Gasteiger partial charge in [0.05, 0.1) is 17.8 Å². The number of nitrogens with zero attached hydrogens (tertiary/aromatic N) is 6. The number of benzene rings is 1. The number of alkyl halides is 2. The minimum atomic E-state index is -1.03. The smallest absolute Gasteiger partial charge is 0.159 e. The third-order valence-electron chi connectivity index (χ3n) is 6.60. The first kappa shape index (κ1) is 21.2. The van der Waals surface area contributed by atoms with Crippen molar-refractivity contribution in [2.24, 2.45) is 0 Å². The lowest BCUT2D eigenvalue weighted by Gasteiger charge is -2.37. The first-order chi connectivity index (χ1) is 15.4. The Hall–Kier alpha value is -2.65. The van der Waals surface area contributed by atoms with Gasteiger partial charge in [0.15, 0.2) is 5.82 Å². The molecule has 0 amide bonds. The molecule has 2 aliphatic rings. The summed E-state index contributed by atoms with van der Waals surface area (Å²) in [7, 11) is 0. The highest BCUT2D eigenvalue weighted by molar-refractivity contribution is 5.82. The van der Waals surface area contributed by atoms with Gasteiger partial charge in [0.1, 0.15) is 24.5 Å². The van der Waals surface area contributed by atoms with E-state index in [1.54, 1.807) is 10.9 Å². The maximum absolute atomic E-state index is 15.1. The fourth-order valence-electron chi connectivity index (χ4n) is 4.88. The molecule has 0 unspecified atom stereocenters. The molecule has 0 spiro atoms. The summed E-state index contributed by atoms with van der Waals surface area (Å²) >= 11 is 0. The first-order valence-corrected chi connectivity index (χ1v) is 11.1. The van der Waals surface area contributed by atoms with E-state index in [2.05, 4.69) is 21.1 Å². The number of aliphatic hydroxyl groups is 1. The number of likely N-dealkylation sites (tertiary alicyclic amines) is 1. The number of aromatic nitrogens is 4. The molecular formula is C23H28F2N6O. The lowest BCUT2D eigenvalue weighted by molar-refractivity contribution is 0.112. The number of aliphatic hydroxyl groups excluding tert-OH is 1. The average Bonchev–Trinajstić information content (AvgIpc) is 3.13. The monoisotopic (exact) mass is 442 g/mol. The van der Waals surface area contributed by atoms with Gasteiger partial charge in [0.2, 0.25) is 0 Å². The van der Waals surface area contributed by atoms with Crippen LogP contribution in [0.3, 0.4) is 0 Å². The highest BCUT2D eigenvalue weighted by atomic mass is 19.1.